The molecule has 0 aliphatic rings. The molecule has 1 N–H and O–H groups in total. The Labute approximate surface area is 166 Å². The molecular formula is C18H11Cl2F4N3O. The van der Waals surface area contributed by atoms with E-state index in [1.165, 1.54) is 35.1 Å². The minimum atomic E-state index is -4.57. The van der Waals surface area contributed by atoms with Crippen molar-refractivity contribution in [1.82, 2.24) is 9.78 Å². The van der Waals surface area contributed by atoms with Crippen molar-refractivity contribution >= 4 is 34.9 Å². The Hall–Kier alpha value is -2.58. The van der Waals surface area contributed by atoms with Gasteiger partial charge in [0.25, 0.3) is 5.91 Å². The summed E-state index contributed by atoms with van der Waals surface area (Å²) >= 11 is 12.0. The molecule has 0 unspecified atom stereocenters. The Morgan fingerprint density at radius 2 is 1.82 bits per heavy atom. The molecule has 146 valence electrons. The molecule has 0 fully saturated rings. The van der Waals surface area contributed by atoms with E-state index in [1.807, 2.05) is 0 Å². The van der Waals surface area contributed by atoms with Crippen LogP contribution in [0.25, 0.3) is 0 Å². The van der Waals surface area contributed by atoms with Crippen LogP contribution in [0.4, 0.5) is 23.4 Å². The Bertz CT molecular complexity index is 1010. The number of amides is 1. The smallest absolute Gasteiger partial charge is 0.304 e. The number of alkyl halides is 3. The number of hydrogen-bond acceptors (Lipinski definition) is 2. The third-order valence-corrected chi connectivity index (χ3v) is 4.41. The maximum Gasteiger partial charge on any atom is 0.416 e. The fourth-order valence-electron chi connectivity index (χ4n) is 2.42. The highest BCUT2D eigenvalue weighted by molar-refractivity contribution is 6.33. The first kappa shape index (κ1) is 20.2. The Balaban J connectivity index is 1.80. The molecule has 28 heavy (non-hydrogen) atoms. The number of benzene rings is 2. The van der Waals surface area contributed by atoms with Crippen LogP contribution in [-0.4, -0.2) is 15.7 Å². The monoisotopic (exact) mass is 431 g/mol. The maximum atomic E-state index is 13.9. The van der Waals surface area contributed by atoms with Gasteiger partial charge < -0.3 is 5.32 Å². The lowest BCUT2D eigenvalue weighted by Gasteiger charge is -2.08. The van der Waals surface area contributed by atoms with Crippen molar-refractivity contribution in [3.8, 4) is 0 Å². The van der Waals surface area contributed by atoms with E-state index in [0.29, 0.717) is 0 Å². The van der Waals surface area contributed by atoms with Crippen LogP contribution in [0.3, 0.4) is 0 Å². The van der Waals surface area contributed by atoms with Gasteiger partial charge in [0.05, 0.1) is 12.1 Å². The van der Waals surface area contributed by atoms with Crippen LogP contribution in [0, 0.1) is 5.82 Å². The zero-order valence-electron chi connectivity index (χ0n) is 13.9. The summed E-state index contributed by atoms with van der Waals surface area (Å²) in [4.78, 5) is 12.3. The van der Waals surface area contributed by atoms with Gasteiger partial charge in [0.2, 0.25) is 0 Å². The SMILES string of the molecule is O=C(Nc1nn(Cc2c(F)cccc2Cl)cc1Cl)c1cccc(C(F)(F)F)c1. The summed E-state index contributed by atoms with van der Waals surface area (Å²) in [6.07, 6.45) is -3.24. The molecule has 2 aromatic carbocycles. The molecule has 3 rings (SSSR count). The highest BCUT2D eigenvalue weighted by atomic mass is 35.5. The van der Waals surface area contributed by atoms with Gasteiger partial charge in [0.1, 0.15) is 10.8 Å². The summed E-state index contributed by atoms with van der Waals surface area (Å²) in [6, 6.07) is 8.14. The molecule has 0 saturated heterocycles. The van der Waals surface area contributed by atoms with E-state index in [0.717, 1.165) is 18.2 Å². The Morgan fingerprint density at radius 3 is 2.50 bits per heavy atom. The average molecular weight is 432 g/mol. The number of rotatable bonds is 4. The lowest BCUT2D eigenvalue weighted by Crippen LogP contribution is -2.15. The van der Waals surface area contributed by atoms with Gasteiger partial charge in [-0.25, -0.2) is 4.39 Å². The number of nitrogens with one attached hydrogen (secondary N) is 1. The first-order valence-electron chi connectivity index (χ1n) is 7.79. The van der Waals surface area contributed by atoms with Crippen LogP contribution >= 0.6 is 23.2 Å². The van der Waals surface area contributed by atoms with Crippen LogP contribution in [0.5, 0.6) is 0 Å². The standard InChI is InChI=1S/C18H11Cl2F4N3O/c19-13-5-2-6-15(21)12(13)8-27-9-14(20)16(26-27)25-17(28)10-3-1-4-11(7-10)18(22,23)24/h1-7,9H,8H2,(H,25,26,28). The number of halogens is 6. The van der Waals surface area contributed by atoms with Crippen LogP contribution in [-0.2, 0) is 12.7 Å². The van der Waals surface area contributed by atoms with Crippen molar-refractivity contribution in [2.24, 2.45) is 0 Å². The molecule has 0 bridgehead atoms. The minimum Gasteiger partial charge on any atom is -0.304 e. The van der Waals surface area contributed by atoms with Crippen molar-refractivity contribution in [2.75, 3.05) is 5.32 Å². The predicted octanol–water partition coefficient (Wildman–Crippen LogP) is 5.65. The number of carbonyl (C=O) groups is 1. The molecule has 1 heterocycles. The van der Waals surface area contributed by atoms with Crippen molar-refractivity contribution in [2.45, 2.75) is 12.7 Å². The van der Waals surface area contributed by atoms with Gasteiger partial charge in [-0.05, 0) is 30.3 Å². The maximum absolute atomic E-state index is 13.9. The van der Waals surface area contributed by atoms with Crippen LogP contribution in [0.1, 0.15) is 21.5 Å². The average Bonchev–Trinajstić information content (AvgIpc) is 2.97. The van der Waals surface area contributed by atoms with E-state index in [9.17, 15) is 22.4 Å². The van der Waals surface area contributed by atoms with Gasteiger partial charge in [-0.3, -0.25) is 9.48 Å². The largest absolute Gasteiger partial charge is 0.416 e. The van der Waals surface area contributed by atoms with Crippen molar-refractivity contribution in [1.29, 1.82) is 0 Å². The minimum absolute atomic E-state index is 0.0350. The molecule has 0 saturated carbocycles. The third-order valence-electron chi connectivity index (χ3n) is 3.78. The number of aromatic nitrogens is 2. The zero-order valence-corrected chi connectivity index (χ0v) is 15.4. The fourth-order valence-corrected chi connectivity index (χ4v) is 2.85. The molecule has 1 amide bonds. The lowest BCUT2D eigenvalue weighted by molar-refractivity contribution is -0.137. The Kier molecular flexibility index (Phi) is 5.62. The molecule has 0 atom stereocenters. The summed E-state index contributed by atoms with van der Waals surface area (Å²) in [6.45, 7) is -0.0509. The summed E-state index contributed by atoms with van der Waals surface area (Å²) in [5.74, 6) is -1.42. The van der Waals surface area contributed by atoms with E-state index in [2.05, 4.69) is 10.4 Å². The highest BCUT2D eigenvalue weighted by Crippen LogP contribution is 2.30. The van der Waals surface area contributed by atoms with Crippen molar-refractivity contribution < 1.29 is 22.4 Å². The summed E-state index contributed by atoms with van der Waals surface area (Å²) in [7, 11) is 0. The second-order valence-electron chi connectivity index (χ2n) is 5.76. The fraction of sp³-hybridized carbons (Fsp3) is 0.111. The third kappa shape index (κ3) is 4.45. The van der Waals surface area contributed by atoms with Crippen LogP contribution < -0.4 is 5.32 Å². The van der Waals surface area contributed by atoms with E-state index >= 15 is 0 Å². The van der Waals surface area contributed by atoms with Gasteiger partial charge >= 0.3 is 6.18 Å². The number of nitrogens with zero attached hydrogens (tertiary/aromatic N) is 2. The second-order valence-corrected chi connectivity index (χ2v) is 6.57. The predicted molar refractivity (Wildman–Crippen MR) is 97.1 cm³/mol. The molecule has 4 nitrogen and oxygen atoms in total. The van der Waals surface area contributed by atoms with E-state index < -0.39 is 23.5 Å². The van der Waals surface area contributed by atoms with Crippen molar-refractivity contribution in [3.63, 3.8) is 0 Å². The highest BCUT2D eigenvalue weighted by Gasteiger charge is 2.31. The van der Waals surface area contributed by atoms with Crippen molar-refractivity contribution in [3.05, 3.63) is 81.2 Å². The Morgan fingerprint density at radius 1 is 1.11 bits per heavy atom. The second kappa shape index (κ2) is 7.81. The quantitative estimate of drug-likeness (QED) is 0.542. The van der Waals surface area contributed by atoms with Gasteiger partial charge in [-0.15, -0.1) is 0 Å². The van der Waals surface area contributed by atoms with Crippen LogP contribution in [0.2, 0.25) is 10.0 Å². The number of hydrogen-bond donors (Lipinski definition) is 1. The zero-order chi connectivity index (χ0) is 20.5. The van der Waals surface area contributed by atoms with Gasteiger partial charge in [-0.1, -0.05) is 35.3 Å². The molecule has 0 aliphatic heterocycles. The molecule has 0 spiro atoms. The number of anilines is 1. The molecule has 0 radical (unpaired) electrons. The van der Waals surface area contributed by atoms with Gasteiger partial charge in [0.15, 0.2) is 5.82 Å². The summed E-state index contributed by atoms with van der Waals surface area (Å²) < 4.78 is 53.5. The first-order valence-corrected chi connectivity index (χ1v) is 8.55. The molecule has 10 heteroatoms. The first-order chi connectivity index (χ1) is 13.1. The molecule has 1 aromatic heterocycles. The van der Waals surface area contributed by atoms with Gasteiger partial charge in [0, 0.05) is 22.3 Å². The summed E-state index contributed by atoms with van der Waals surface area (Å²) in [5.41, 5.74) is -0.984. The lowest BCUT2D eigenvalue weighted by atomic mass is 10.1. The van der Waals surface area contributed by atoms with Gasteiger partial charge in [-0.2, -0.15) is 18.3 Å². The van der Waals surface area contributed by atoms with E-state index in [1.54, 1.807) is 0 Å². The molecule has 0 aliphatic carbocycles. The number of carbonyl (C=O) groups excluding carboxylic acids is 1. The summed E-state index contributed by atoms with van der Waals surface area (Å²) in [5, 5.41) is 6.60. The normalized spacial score (nSPS) is 11.5. The van der Waals surface area contributed by atoms with E-state index in [4.69, 9.17) is 23.2 Å². The molecular weight excluding hydrogens is 421 g/mol. The molecule has 3 aromatic rings. The van der Waals surface area contributed by atoms with Crippen LogP contribution in [0.15, 0.2) is 48.7 Å². The van der Waals surface area contributed by atoms with E-state index in [-0.39, 0.29) is 33.5 Å². The topological polar surface area (TPSA) is 46.9 Å².